The molecule has 1 saturated heterocycles. The van der Waals surface area contributed by atoms with Gasteiger partial charge in [0.2, 0.25) is 6.23 Å². The van der Waals surface area contributed by atoms with Gasteiger partial charge in [-0.25, -0.2) is 0 Å². The van der Waals surface area contributed by atoms with Crippen molar-refractivity contribution in [1.29, 1.82) is 0 Å². The van der Waals surface area contributed by atoms with E-state index in [0.717, 1.165) is 48.4 Å². The summed E-state index contributed by atoms with van der Waals surface area (Å²) in [5, 5.41) is 0. The maximum absolute atomic E-state index is 11.5. The van der Waals surface area contributed by atoms with Gasteiger partial charge in [0, 0.05) is 25.2 Å². The fourth-order valence-electron chi connectivity index (χ4n) is 5.75. The summed E-state index contributed by atoms with van der Waals surface area (Å²) in [5.74, 6) is 2.83. The summed E-state index contributed by atoms with van der Waals surface area (Å²) in [6.45, 7) is 2.34. The number of anilines is 1. The molecule has 2 aliphatic heterocycles. The van der Waals surface area contributed by atoms with Crippen molar-refractivity contribution in [2.75, 3.05) is 18.0 Å². The summed E-state index contributed by atoms with van der Waals surface area (Å²) >= 11 is 0. The molecular weight excluding hydrogens is 300 g/mol. The van der Waals surface area contributed by atoms with Crippen molar-refractivity contribution in [2.45, 2.75) is 56.8 Å². The van der Waals surface area contributed by atoms with E-state index in [1.165, 1.54) is 38.8 Å². The van der Waals surface area contributed by atoms with Crippen LogP contribution in [0.3, 0.4) is 0 Å². The summed E-state index contributed by atoms with van der Waals surface area (Å²) < 4.78 is 5.83. The van der Waals surface area contributed by atoms with E-state index in [2.05, 4.69) is 15.9 Å². The zero-order valence-electron chi connectivity index (χ0n) is 14.1. The molecule has 0 N–H and O–H groups in total. The number of aldehydes is 1. The average Bonchev–Trinajstić information content (AvgIpc) is 3.35. The van der Waals surface area contributed by atoms with Gasteiger partial charge >= 0.3 is 0 Å². The quantitative estimate of drug-likeness (QED) is 0.799. The molecule has 5 rings (SSSR count). The normalized spacial score (nSPS) is 35.9. The van der Waals surface area contributed by atoms with Gasteiger partial charge in [-0.15, -0.1) is 0 Å². The molecule has 1 aromatic carbocycles. The third kappa shape index (κ3) is 2.26. The third-order valence-electron chi connectivity index (χ3n) is 6.84. The number of piperidine rings is 1. The van der Waals surface area contributed by atoms with Gasteiger partial charge in [0.15, 0.2) is 6.29 Å². The number of benzene rings is 1. The molecule has 0 spiro atoms. The Morgan fingerprint density at radius 1 is 1.04 bits per heavy atom. The molecule has 1 aromatic rings. The van der Waals surface area contributed by atoms with Crippen LogP contribution in [-0.4, -0.2) is 42.6 Å². The predicted molar refractivity (Wildman–Crippen MR) is 93.2 cm³/mol. The number of fused-ring (bicyclic) bond motifs is 3. The first-order chi connectivity index (χ1) is 11.8. The predicted octanol–water partition coefficient (Wildman–Crippen LogP) is 3.06. The molecule has 2 saturated carbocycles. The van der Waals surface area contributed by atoms with Crippen LogP contribution in [0.25, 0.3) is 0 Å². The molecule has 3 fully saturated rings. The van der Waals surface area contributed by atoms with Crippen LogP contribution in [0.5, 0.6) is 5.75 Å². The van der Waals surface area contributed by atoms with Crippen LogP contribution >= 0.6 is 0 Å². The average molecular weight is 326 g/mol. The van der Waals surface area contributed by atoms with Gasteiger partial charge in [0.1, 0.15) is 5.75 Å². The van der Waals surface area contributed by atoms with Gasteiger partial charge in [0.05, 0.1) is 5.69 Å². The van der Waals surface area contributed by atoms with Crippen molar-refractivity contribution in [1.82, 2.24) is 4.90 Å². The standard InChI is InChI=1S/C20H26N2O2/c23-13-20-22(17-3-1-2-4-19(17)24-20)16-7-9-21(10-8-16)18-12-14-5-6-15(18)11-14/h1-4,13-16,18,20H,5-12H2. The molecule has 4 unspecified atom stereocenters. The number of carbonyl (C=O) groups excluding carboxylic acids is 1. The highest BCUT2D eigenvalue weighted by Gasteiger charge is 2.44. The van der Waals surface area contributed by atoms with Crippen molar-refractivity contribution in [2.24, 2.45) is 11.8 Å². The highest BCUT2D eigenvalue weighted by molar-refractivity contribution is 5.73. The van der Waals surface area contributed by atoms with Crippen LogP contribution < -0.4 is 9.64 Å². The Hall–Kier alpha value is -1.55. The molecule has 128 valence electrons. The molecule has 2 heterocycles. The minimum Gasteiger partial charge on any atom is -0.461 e. The number of hydrogen-bond acceptors (Lipinski definition) is 4. The molecule has 0 aromatic heterocycles. The van der Waals surface area contributed by atoms with E-state index in [-0.39, 0.29) is 0 Å². The number of nitrogens with zero attached hydrogens (tertiary/aromatic N) is 2. The van der Waals surface area contributed by atoms with Crippen molar-refractivity contribution in [3.05, 3.63) is 24.3 Å². The molecule has 0 radical (unpaired) electrons. The van der Waals surface area contributed by atoms with Crippen LogP contribution in [0, 0.1) is 11.8 Å². The Labute approximate surface area is 143 Å². The second kappa shape index (κ2) is 5.76. The van der Waals surface area contributed by atoms with Crippen LogP contribution in [-0.2, 0) is 4.79 Å². The SMILES string of the molecule is O=CC1Oc2ccccc2N1C1CCN(C2CC3CCC2C3)CC1. The highest BCUT2D eigenvalue weighted by Crippen LogP contribution is 2.47. The first-order valence-electron chi connectivity index (χ1n) is 9.57. The lowest BCUT2D eigenvalue weighted by Gasteiger charge is -2.42. The number of para-hydroxylation sites is 2. The smallest absolute Gasteiger partial charge is 0.229 e. The Morgan fingerprint density at radius 2 is 1.88 bits per heavy atom. The second-order valence-electron chi connectivity index (χ2n) is 8.03. The first-order valence-corrected chi connectivity index (χ1v) is 9.57. The molecule has 4 aliphatic rings. The zero-order chi connectivity index (χ0) is 16.1. The molecule has 4 atom stereocenters. The maximum Gasteiger partial charge on any atom is 0.229 e. The summed E-state index contributed by atoms with van der Waals surface area (Å²) in [6.07, 6.45) is 8.61. The minimum atomic E-state index is -0.443. The summed E-state index contributed by atoms with van der Waals surface area (Å²) in [5.41, 5.74) is 1.09. The molecule has 2 bridgehead atoms. The lowest BCUT2D eigenvalue weighted by Crippen LogP contribution is -2.52. The van der Waals surface area contributed by atoms with E-state index in [1.54, 1.807) is 0 Å². The molecule has 4 nitrogen and oxygen atoms in total. The van der Waals surface area contributed by atoms with E-state index < -0.39 is 6.23 Å². The number of likely N-dealkylation sites (tertiary alicyclic amines) is 1. The number of carbonyl (C=O) groups is 1. The fraction of sp³-hybridized carbons (Fsp3) is 0.650. The van der Waals surface area contributed by atoms with Crippen molar-refractivity contribution in [3.63, 3.8) is 0 Å². The van der Waals surface area contributed by atoms with Gasteiger partial charge in [-0.05, 0) is 56.1 Å². The lowest BCUT2D eigenvalue weighted by atomic mass is 9.91. The third-order valence-corrected chi connectivity index (χ3v) is 6.84. The first kappa shape index (κ1) is 14.8. The summed E-state index contributed by atoms with van der Waals surface area (Å²) in [6, 6.07) is 9.32. The molecular formula is C20H26N2O2. The fourth-order valence-corrected chi connectivity index (χ4v) is 5.75. The zero-order valence-corrected chi connectivity index (χ0v) is 14.1. The molecule has 2 aliphatic carbocycles. The molecule has 4 heteroatoms. The van der Waals surface area contributed by atoms with Gasteiger partial charge in [0.25, 0.3) is 0 Å². The van der Waals surface area contributed by atoms with Gasteiger partial charge < -0.3 is 9.64 Å². The molecule has 0 amide bonds. The number of rotatable bonds is 3. The number of hydrogen-bond donors (Lipinski definition) is 0. The van der Waals surface area contributed by atoms with Crippen molar-refractivity contribution >= 4 is 12.0 Å². The minimum absolute atomic E-state index is 0.415. The Kier molecular flexibility index (Phi) is 3.55. The lowest BCUT2D eigenvalue weighted by molar-refractivity contribution is -0.113. The van der Waals surface area contributed by atoms with Gasteiger partial charge in [-0.3, -0.25) is 9.69 Å². The Bertz CT molecular complexity index is 626. The van der Waals surface area contributed by atoms with Gasteiger partial charge in [-0.2, -0.15) is 0 Å². The Balaban J connectivity index is 1.29. The van der Waals surface area contributed by atoms with Crippen molar-refractivity contribution < 1.29 is 9.53 Å². The van der Waals surface area contributed by atoms with E-state index in [0.29, 0.717) is 6.04 Å². The van der Waals surface area contributed by atoms with E-state index >= 15 is 0 Å². The second-order valence-corrected chi connectivity index (χ2v) is 8.03. The van der Waals surface area contributed by atoms with E-state index in [4.69, 9.17) is 4.74 Å². The van der Waals surface area contributed by atoms with Crippen LogP contribution in [0.1, 0.15) is 38.5 Å². The number of ether oxygens (including phenoxy) is 1. The van der Waals surface area contributed by atoms with Gasteiger partial charge in [-0.1, -0.05) is 18.6 Å². The summed E-state index contributed by atoms with van der Waals surface area (Å²) in [4.78, 5) is 16.5. The van der Waals surface area contributed by atoms with Crippen molar-refractivity contribution in [3.8, 4) is 5.75 Å². The molecule has 24 heavy (non-hydrogen) atoms. The van der Waals surface area contributed by atoms with Crippen LogP contribution in [0.4, 0.5) is 5.69 Å². The maximum atomic E-state index is 11.5. The van der Waals surface area contributed by atoms with Crippen LogP contribution in [0.2, 0.25) is 0 Å². The topological polar surface area (TPSA) is 32.8 Å². The highest BCUT2D eigenvalue weighted by atomic mass is 16.5. The van der Waals surface area contributed by atoms with E-state index in [1.807, 2.05) is 18.2 Å². The Morgan fingerprint density at radius 3 is 2.58 bits per heavy atom. The largest absolute Gasteiger partial charge is 0.461 e. The van der Waals surface area contributed by atoms with E-state index in [9.17, 15) is 4.79 Å². The van der Waals surface area contributed by atoms with Crippen LogP contribution in [0.15, 0.2) is 24.3 Å². The monoisotopic (exact) mass is 326 g/mol. The summed E-state index contributed by atoms with van der Waals surface area (Å²) in [7, 11) is 0.